The van der Waals surface area contributed by atoms with Gasteiger partial charge < -0.3 is 0 Å². The molecule has 0 aromatic carbocycles. The van der Waals surface area contributed by atoms with E-state index in [1.54, 1.807) is 12.2 Å². The lowest BCUT2D eigenvalue weighted by Gasteiger charge is -1.89. The second-order valence-electron chi connectivity index (χ2n) is 4.89. The normalized spacial score (nSPS) is 11.4. The number of allylic oxidation sites excluding steroid dienone is 8. The van der Waals surface area contributed by atoms with Crippen LogP contribution in [0.2, 0.25) is 0 Å². The summed E-state index contributed by atoms with van der Waals surface area (Å²) in [4.78, 5) is 19.6. The molecule has 0 aliphatic carbocycles. The Morgan fingerprint density at radius 3 is 1.27 bits per heavy atom. The first-order valence-corrected chi connectivity index (χ1v) is 8.37. The van der Waals surface area contributed by atoms with Crippen LogP contribution < -0.4 is 0 Å². The summed E-state index contributed by atoms with van der Waals surface area (Å²) in [5.74, 6) is 0. The molecular formula is C20H32O2. The van der Waals surface area contributed by atoms with Gasteiger partial charge in [0.2, 0.25) is 0 Å². The minimum atomic E-state index is 0.788. The number of unbranched alkanes of at least 4 members (excludes halogenated alkanes) is 6. The van der Waals surface area contributed by atoms with E-state index in [4.69, 9.17) is 0 Å². The molecule has 0 aromatic rings. The van der Waals surface area contributed by atoms with Gasteiger partial charge in [-0.3, -0.25) is 9.59 Å². The van der Waals surface area contributed by atoms with Crippen LogP contribution in [0.15, 0.2) is 48.6 Å². The summed E-state index contributed by atoms with van der Waals surface area (Å²) in [6.45, 7) is 4.38. The highest BCUT2D eigenvalue weighted by Crippen LogP contribution is 1.99. The van der Waals surface area contributed by atoms with E-state index in [1.807, 2.05) is 12.2 Å². The lowest BCUT2D eigenvalue weighted by atomic mass is 10.2. The largest absolute Gasteiger partial charge is 0.299 e. The standard InChI is InChI=1S/2C10H16O/c2*1-2-3-4-5-6-7-8-9-10-11/h2*6-10H,2-5H2,1H3/b2*7-6-,9-8+. The maximum absolute atomic E-state index is 9.82. The van der Waals surface area contributed by atoms with Gasteiger partial charge in [-0.2, -0.15) is 0 Å². The van der Waals surface area contributed by atoms with Crippen LogP contribution in [0.4, 0.5) is 0 Å². The molecule has 2 nitrogen and oxygen atoms in total. The van der Waals surface area contributed by atoms with Crippen LogP contribution in [0.5, 0.6) is 0 Å². The van der Waals surface area contributed by atoms with E-state index in [0.717, 1.165) is 25.4 Å². The molecular weight excluding hydrogens is 272 g/mol. The minimum Gasteiger partial charge on any atom is -0.299 e. The smallest absolute Gasteiger partial charge is 0.142 e. The average molecular weight is 304 g/mol. The Balaban J connectivity index is 0. The third kappa shape index (κ3) is 26.8. The van der Waals surface area contributed by atoms with Gasteiger partial charge in [0.1, 0.15) is 12.6 Å². The molecule has 0 fully saturated rings. The van der Waals surface area contributed by atoms with Gasteiger partial charge in [0.15, 0.2) is 0 Å². The second kappa shape index (κ2) is 24.3. The predicted molar refractivity (Wildman–Crippen MR) is 97.0 cm³/mol. The third-order valence-corrected chi connectivity index (χ3v) is 2.82. The predicted octanol–water partition coefficient (Wildman–Crippen LogP) is 5.76. The first-order chi connectivity index (χ1) is 10.8. The Labute approximate surface area is 136 Å². The van der Waals surface area contributed by atoms with E-state index < -0.39 is 0 Å². The van der Waals surface area contributed by atoms with Crippen molar-refractivity contribution >= 4 is 12.6 Å². The lowest BCUT2D eigenvalue weighted by Crippen LogP contribution is -1.69. The Kier molecular flexibility index (Phi) is 25.0. The molecule has 0 bridgehead atoms. The molecule has 0 amide bonds. The number of carbonyl (C=O) groups excluding carboxylic acids is 2. The van der Waals surface area contributed by atoms with Crippen LogP contribution in [-0.4, -0.2) is 12.6 Å². The zero-order valence-electron chi connectivity index (χ0n) is 14.2. The van der Waals surface area contributed by atoms with E-state index in [2.05, 4.69) is 26.0 Å². The summed E-state index contributed by atoms with van der Waals surface area (Å²) in [5, 5.41) is 0. The lowest BCUT2D eigenvalue weighted by molar-refractivity contribution is -0.104. The van der Waals surface area contributed by atoms with Gasteiger partial charge in [0, 0.05) is 0 Å². The molecule has 0 saturated heterocycles. The third-order valence-electron chi connectivity index (χ3n) is 2.82. The summed E-state index contributed by atoms with van der Waals surface area (Å²) < 4.78 is 0. The highest BCUT2D eigenvalue weighted by atomic mass is 16.1. The minimum absolute atomic E-state index is 0.788. The quantitative estimate of drug-likeness (QED) is 0.199. The average Bonchev–Trinajstić information content (AvgIpc) is 2.54. The molecule has 0 spiro atoms. The van der Waals surface area contributed by atoms with Crippen molar-refractivity contribution in [2.45, 2.75) is 65.2 Å². The SMILES string of the molecule is CCCCC/C=C\C=C\C=O.CCCCC/C=C\C=C\C=O. The van der Waals surface area contributed by atoms with Crippen LogP contribution in [0.25, 0.3) is 0 Å². The summed E-state index contributed by atoms with van der Waals surface area (Å²) in [6, 6.07) is 0. The van der Waals surface area contributed by atoms with Gasteiger partial charge in [-0.25, -0.2) is 0 Å². The Bertz CT molecular complexity index is 302. The van der Waals surface area contributed by atoms with Gasteiger partial charge >= 0.3 is 0 Å². The van der Waals surface area contributed by atoms with Crippen LogP contribution in [-0.2, 0) is 9.59 Å². The van der Waals surface area contributed by atoms with Crippen molar-refractivity contribution in [3.8, 4) is 0 Å². The van der Waals surface area contributed by atoms with Crippen LogP contribution >= 0.6 is 0 Å². The van der Waals surface area contributed by atoms with Gasteiger partial charge in [-0.05, 0) is 37.8 Å². The van der Waals surface area contributed by atoms with Crippen LogP contribution in [0.3, 0.4) is 0 Å². The Hall–Kier alpha value is -1.70. The van der Waals surface area contributed by atoms with E-state index in [0.29, 0.717) is 0 Å². The number of rotatable bonds is 12. The topological polar surface area (TPSA) is 34.1 Å². The molecule has 0 aromatic heterocycles. The van der Waals surface area contributed by atoms with E-state index >= 15 is 0 Å². The van der Waals surface area contributed by atoms with Crippen LogP contribution in [0.1, 0.15) is 65.2 Å². The van der Waals surface area contributed by atoms with E-state index in [-0.39, 0.29) is 0 Å². The molecule has 0 saturated carbocycles. The fourth-order valence-electron chi connectivity index (χ4n) is 1.59. The maximum Gasteiger partial charge on any atom is 0.142 e. The molecule has 0 heterocycles. The van der Waals surface area contributed by atoms with Crippen molar-refractivity contribution in [1.29, 1.82) is 0 Å². The molecule has 0 rings (SSSR count). The molecule has 0 aliphatic rings. The van der Waals surface area contributed by atoms with E-state index in [1.165, 1.54) is 50.7 Å². The zero-order chi connectivity index (χ0) is 16.7. The summed E-state index contributed by atoms with van der Waals surface area (Å²) in [6.07, 6.45) is 26.0. The molecule has 0 radical (unpaired) electrons. The van der Waals surface area contributed by atoms with Crippen molar-refractivity contribution in [1.82, 2.24) is 0 Å². The monoisotopic (exact) mass is 304 g/mol. The van der Waals surface area contributed by atoms with Gasteiger partial charge in [0.25, 0.3) is 0 Å². The molecule has 22 heavy (non-hydrogen) atoms. The highest BCUT2D eigenvalue weighted by Gasteiger charge is 1.80. The molecule has 0 aliphatic heterocycles. The molecule has 124 valence electrons. The number of hydrogen-bond donors (Lipinski definition) is 0. The number of hydrogen-bond acceptors (Lipinski definition) is 2. The fourth-order valence-corrected chi connectivity index (χ4v) is 1.59. The van der Waals surface area contributed by atoms with Crippen molar-refractivity contribution in [3.05, 3.63) is 48.6 Å². The van der Waals surface area contributed by atoms with E-state index in [9.17, 15) is 9.59 Å². The maximum atomic E-state index is 9.82. The van der Waals surface area contributed by atoms with Crippen molar-refractivity contribution < 1.29 is 9.59 Å². The summed E-state index contributed by atoms with van der Waals surface area (Å²) >= 11 is 0. The summed E-state index contributed by atoms with van der Waals surface area (Å²) in [7, 11) is 0. The van der Waals surface area contributed by atoms with Gasteiger partial charge in [-0.15, -0.1) is 0 Å². The van der Waals surface area contributed by atoms with Crippen molar-refractivity contribution in [3.63, 3.8) is 0 Å². The molecule has 0 N–H and O–H groups in total. The molecule has 0 unspecified atom stereocenters. The van der Waals surface area contributed by atoms with Crippen LogP contribution in [0, 0.1) is 0 Å². The highest BCUT2D eigenvalue weighted by molar-refractivity contribution is 5.65. The van der Waals surface area contributed by atoms with Crippen molar-refractivity contribution in [2.24, 2.45) is 0 Å². The number of carbonyl (C=O) groups is 2. The van der Waals surface area contributed by atoms with Gasteiger partial charge in [0.05, 0.1) is 0 Å². The first kappa shape index (κ1) is 22.6. The Morgan fingerprint density at radius 2 is 0.955 bits per heavy atom. The summed E-state index contributed by atoms with van der Waals surface area (Å²) in [5.41, 5.74) is 0. The van der Waals surface area contributed by atoms with Crippen molar-refractivity contribution in [2.75, 3.05) is 0 Å². The number of aldehydes is 2. The second-order valence-corrected chi connectivity index (χ2v) is 4.89. The zero-order valence-corrected chi connectivity index (χ0v) is 14.2. The van der Waals surface area contributed by atoms with Gasteiger partial charge in [-0.1, -0.05) is 76.0 Å². The Morgan fingerprint density at radius 1 is 0.545 bits per heavy atom. The molecule has 0 atom stereocenters. The molecule has 2 heteroatoms. The fraction of sp³-hybridized carbons (Fsp3) is 0.500. The first-order valence-electron chi connectivity index (χ1n) is 8.37.